The van der Waals surface area contributed by atoms with Gasteiger partial charge in [0.15, 0.2) is 0 Å². The lowest BCUT2D eigenvalue weighted by molar-refractivity contribution is 0.716. The van der Waals surface area contributed by atoms with E-state index >= 15 is 0 Å². The van der Waals surface area contributed by atoms with Crippen LogP contribution in [0.3, 0.4) is 0 Å². The first-order valence-corrected chi connectivity index (χ1v) is 18.4. The van der Waals surface area contributed by atoms with Gasteiger partial charge in [0.2, 0.25) is 0 Å². The summed E-state index contributed by atoms with van der Waals surface area (Å²) in [6, 6.07) is 68.8. The summed E-state index contributed by atoms with van der Waals surface area (Å²) in [7, 11) is 0. The highest BCUT2D eigenvalue weighted by atomic mass is 15.1. The summed E-state index contributed by atoms with van der Waals surface area (Å²) in [5.41, 5.74) is 22.8. The first-order valence-electron chi connectivity index (χ1n) is 18.4. The van der Waals surface area contributed by atoms with Gasteiger partial charge < -0.3 is 4.90 Å². The molecule has 8 aromatic carbocycles. The van der Waals surface area contributed by atoms with Crippen molar-refractivity contribution in [1.29, 1.82) is 0 Å². The third-order valence-electron chi connectivity index (χ3n) is 12.7. The van der Waals surface area contributed by atoms with Gasteiger partial charge in [-0.2, -0.15) is 0 Å². The summed E-state index contributed by atoms with van der Waals surface area (Å²) in [4.78, 5) is 2.52. The zero-order chi connectivity index (χ0) is 34.2. The van der Waals surface area contributed by atoms with E-state index in [-0.39, 0.29) is 5.41 Å². The second kappa shape index (κ2) is 9.87. The summed E-state index contributed by atoms with van der Waals surface area (Å²) in [6.07, 6.45) is 0. The number of nitrogens with zero attached hydrogens (tertiary/aromatic N) is 1. The van der Waals surface area contributed by atoms with Gasteiger partial charge in [0.1, 0.15) is 0 Å². The Morgan fingerprint density at radius 3 is 1.17 bits per heavy atom. The minimum absolute atomic E-state index is 0.303. The van der Waals surface area contributed by atoms with Crippen molar-refractivity contribution in [3.8, 4) is 44.5 Å². The zero-order valence-corrected chi connectivity index (χ0v) is 28.8. The van der Waals surface area contributed by atoms with Crippen LogP contribution in [0.25, 0.3) is 44.5 Å². The van der Waals surface area contributed by atoms with E-state index in [1.54, 1.807) is 0 Å². The van der Waals surface area contributed by atoms with Gasteiger partial charge in [0, 0.05) is 22.4 Å². The molecule has 1 heterocycles. The summed E-state index contributed by atoms with van der Waals surface area (Å²) < 4.78 is 0. The minimum Gasteiger partial charge on any atom is -0.310 e. The van der Waals surface area contributed by atoms with Crippen LogP contribution in [-0.2, 0) is 10.8 Å². The Labute approximate surface area is 304 Å². The molecule has 0 N–H and O–H groups in total. The Kier molecular flexibility index (Phi) is 5.37. The highest BCUT2D eigenvalue weighted by Crippen LogP contribution is 2.64. The average Bonchev–Trinajstić information content (AvgIpc) is 3.78. The Morgan fingerprint density at radius 2 is 0.654 bits per heavy atom. The summed E-state index contributed by atoms with van der Waals surface area (Å²) in [5, 5.41) is 0. The molecular weight excluding hydrogens is 627 g/mol. The lowest BCUT2D eigenvalue weighted by Crippen LogP contribution is -2.26. The lowest BCUT2D eigenvalue weighted by Gasteiger charge is -2.32. The molecule has 0 saturated carbocycles. The van der Waals surface area contributed by atoms with Crippen LogP contribution in [0, 0.1) is 0 Å². The molecule has 0 radical (unpaired) electrons. The van der Waals surface area contributed by atoms with Crippen LogP contribution < -0.4 is 4.90 Å². The Hall–Kier alpha value is -6.44. The summed E-state index contributed by atoms with van der Waals surface area (Å²) in [5.74, 6) is 0. The molecule has 4 aliphatic rings. The predicted molar refractivity (Wildman–Crippen MR) is 214 cm³/mol. The number of hydrogen-bond donors (Lipinski definition) is 0. The maximum atomic E-state index is 2.52. The average molecular weight is 660 g/mol. The van der Waals surface area contributed by atoms with Gasteiger partial charge in [-0.15, -0.1) is 0 Å². The molecule has 0 amide bonds. The number of para-hydroxylation sites is 1. The molecule has 52 heavy (non-hydrogen) atoms. The molecule has 2 bridgehead atoms. The Balaban J connectivity index is 1.18. The van der Waals surface area contributed by atoms with Crippen LogP contribution in [0.4, 0.5) is 17.1 Å². The van der Waals surface area contributed by atoms with Gasteiger partial charge in [0.25, 0.3) is 0 Å². The molecular formula is C51H33N. The van der Waals surface area contributed by atoms with Gasteiger partial charge in [-0.25, -0.2) is 0 Å². The smallest absolute Gasteiger partial charge is 0.0726 e. The maximum Gasteiger partial charge on any atom is 0.0726 e. The normalized spacial score (nSPS) is 17.1. The van der Waals surface area contributed by atoms with Gasteiger partial charge in [-0.3, -0.25) is 0 Å². The van der Waals surface area contributed by atoms with E-state index in [0.717, 1.165) is 5.69 Å². The molecule has 12 rings (SSSR count). The fourth-order valence-electron chi connectivity index (χ4n) is 10.6. The molecule has 1 unspecified atom stereocenters. The fourth-order valence-corrected chi connectivity index (χ4v) is 10.6. The number of hydrogen-bond acceptors (Lipinski definition) is 1. The molecule has 1 nitrogen and oxygen atoms in total. The molecule has 0 saturated heterocycles. The third kappa shape index (κ3) is 3.26. The number of benzene rings is 8. The van der Waals surface area contributed by atoms with E-state index in [9.17, 15) is 0 Å². The standard InChI is InChI=1S/C51H33N/c1-50-42-20-8-2-14-34(42)39-28-26-32(30-47(39)50)52(49-25-13-7-19-41(49)38-18-3-9-21-43(38)50)33-27-29-40-37-17-6-12-24-46(37)51(48(40)31-33)44-22-10-4-15-35(44)36-16-5-11-23-45(36)51/h2-31H,1H3. The molecule has 0 aromatic heterocycles. The monoisotopic (exact) mass is 659 g/mol. The van der Waals surface area contributed by atoms with Crippen LogP contribution in [-0.4, -0.2) is 0 Å². The van der Waals surface area contributed by atoms with Gasteiger partial charge >= 0.3 is 0 Å². The van der Waals surface area contributed by atoms with Gasteiger partial charge in [0.05, 0.1) is 11.1 Å². The van der Waals surface area contributed by atoms with Crippen LogP contribution in [0.5, 0.6) is 0 Å². The van der Waals surface area contributed by atoms with Crippen molar-refractivity contribution >= 4 is 17.1 Å². The molecule has 1 spiro atoms. The summed E-state index contributed by atoms with van der Waals surface area (Å²) >= 11 is 0. The quantitative estimate of drug-likeness (QED) is 0.170. The number of anilines is 3. The molecule has 3 aliphatic carbocycles. The lowest BCUT2D eigenvalue weighted by atomic mass is 9.70. The van der Waals surface area contributed by atoms with Crippen LogP contribution >= 0.6 is 0 Å². The van der Waals surface area contributed by atoms with Gasteiger partial charge in [-0.1, -0.05) is 152 Å². The number of rotatable bonds is 1. The van der Waals surface area contributed by atoms with E-state index in [2.05, 4.69) is 194 Å². The van der Waals surface area contributed by atoms with E-state index in [0.29, 0.717) is 0 Å². The fraction of sp³-hybridized carbons (Fsp3) is 0.0588. The molecule has 1 aliphatic heterocycles. The van der Waals surface area contributed by atoms with Crippen LogP contribution in [0.15, 0.2) is 182 Å². The minimum atomic E-state index is -0.404. The highest BCUT2D eigenvalue weighted by Gasteiger charge is 2.52. The first kappa shape index (κ1) is 28.3. The van der Waals surface area contributed by atoms with Crippen molar-refractivity contribution in [2.75, 3.05) is 4.90 Å². The predicted octanol–water partition coefficient (Wildman–Crippen LogP) is 12.8. The first-order chi connectivity index (χ1) is 25.7. The van der Waals surface area contributed by atoms with Crippen molar-refractivity contribution in [2.24, 2.45) is 0 Å². The van der Waals surface area contributed by atoms with Crippen molar-refractivity contribution in [3.05, 3.63) is 221 Å². The SMILES string of the molecule is CC12c3ccccc3-c3ccccc3N(c3ccc4c(c3)C3(c5ccccc5-c5ccccc53)c3ccccc3-4)c3ccc(c1c3)-c1ccccc12. The van der Waals surface area contributed by atoms with E-state index < -0.39 is 5.41 Å². The largest absolute Gasteiger partial charge is 0.310 e. The molecule has 1 atom stereocenters. The summed E-state index contributed by atoms with van der Waals surface area (Å²) in [6.45, 7) is 2.43. The van der Waals surface area contributed by atoms with Crippen molar-refractivity contribution in [2.45, 2.75) is 17.8 Å². The zero-order valence-electron chi connectivity index (χ0n) is 28.8. The van der Waals surface area contributed by atoms with Gasteiger partial charge in [-0.05, 0) is 115 Å². The topological polar surface area (TPSA) is 3.24 Å². The van der Waals surface area contributed by atoms with E-state index in [1.165, 1.54) is 94.8 Å². The Morgan fingerprint density at radius 1 is 0.308 bits per heavy atom. The Bertz CT molecular complexity index is 2780. The second-order valence-corrected chi connectivity index (χ2v) is 14.9. The molecule has 242 valence electrons. The second-order valence-electron chi connectivity index (χ2n) is 14.9. The van der Waals surface area contributed by atoms with Crippen molar-refractivity contribution in [1.82, 2.24) is 0 Å². The molecule has 1 heteroatoms. The van der Waals surface area contributed by atoms with E-state index in [1.807, 2.05) is 0 Å². The van der Waals surface area contributed by atoms with Crippen molar-refractivity contribution in [3.63, 3.8) is 0 Å². The maximum absolute atomic E-state index is 2.52. The highest BCUT2D eigenvalue weighted by molar-refractivity contribution is 5.99. The van der Waals surface area contributed by atoms with Crippen LogP contribution in [0.2, 0.25) is 0 Å². The molecule has 0 fully saturated rings. The van der Waals surface area contributed by atoms with E-state index in [4.69, 9.17) is 0 Å². The van der Waals surface area contributed by atoms with Crippen LogP contribution in [0.1, 0.15) is 45.9 Å². The number of fused-ring (bicyclic) bond motifs is 18. The molecule has 8 aromatic rings. The third-order valence-corrected chi connectivity index (χ3v) is 12.7. The van der Waals surface area contributed by atoms with Crippen molar-refractivity contribution < 1.29 is 0 Å².